The van der Waals surface area contributed by atoms with Gasteiger partial charge in [-0.2, -0.15) is 0 Å². The smallest absolute Gasteiger partial charge is 0.270 e. The fraction of sp³-hybridized carbons (Fsp3) is 0.500. The summed E-state index contributed by atoms with van der Waals surface area (Å²) >= 11 is 0. The molecule has 0 bridgehead atoms. The minimum absolute atomic E-state index is 0.00313. The molecule has 1 atom stereocenters. The summed E-state index contributed by atoms with van der Waals surface area (Å²) in [5.74, 6) is 1.36. The summed E-state index contributed by atoms with van der Waals surface area (Å²) < 4.78 is 16.4. The Labute approximate surface area is 141 Å². The topological polar surface area (TPSA) is 63.8 Å². The van der Waals surface area contributed by atoms with Gasteiger partial charge in [0.1, 0.15) is 17.2 Å². The van der Waals surface area contributed by atoms with Gasteiger partial charge in [0.2, 0.25) is 0 Å². The van der Waals surface area contributed by atoms with Crippen molar-refractivity contribution in [3.05, 3.63) is 23.9 Å². The number of aromatic nitrogens is 1. The second-order valence-electron chi connectivity index (χ2n) is 5.95. The van der Waals surface area contributed by atoms with E-state index in [-0.39, 0.29) is 12.0 Å². The highest BCUT2D eigenvalue weighted by Crippen LogP contribution is 2.31. The number of amides is 1. The molecule has 0 aliphatic carbocycles. The van der Waals surface area contributed by atoms with Gasteiger partial charge in [-0.25, -0.2) is 0 Å². The van der Waals surface area contributed by atoms with Crippen molar-refractivity contribution in [3.63, 3.8) is 0 Å². The molecule has 24 heavy (non-hydrogen) atoms. The summed E-state index contributed by atoms with van der Waals surface area (Å²) in [6, 6.07) is 5.55. The van der Waals surface area contributed by atoms with Crippen molar-refractivity contribution in [1.29, 1.82) is 0 Å². The quantitative estimate of drug-likeness (QED) is 0.914. The molecule has 2 heterocycles. The lowest BCUT2D eigenvalue weighted by atomic mass is 10.1. The lowest BCUT2D eigenvalue weighted by Crippen LogP contribution is -2.43. The van der Waals surface area contributed by atoms with E-state index in [1.54, 1.807) is 20.3 Å². The Morgan fingerprint density at radius 2 is 2.12 bits per heavy atom. The molecule has 0 radical (unpaired) electrons. The van der Waals surface area contributed by atoms with Gasteiger partial charge >= 0.3 is 0 Å². The van der Waals surface area contributed by atoms with E-state index in [0.717, 1.165) is 30.3 Å². The monoisotopic (exact) mass is 332 g/mol. The lowest BCUT2D eigenvalue weighted by Gasteiger charge is -2.32. The molecule has 1 amide bonds. The Morgan fingerprint density at radius 1 is 1.29 bits per heavy atom. The van der Waals surface area contributed by atoms with Crippen molar-refractivity contribution in [2.75, 3.05) is 33.9 Å². The highest BCUT2D eigenvalue weighted by molar-refractivity contribution is 6.00. The van der Waals surface area contributed by atoms with Gasteiger partial charge in [-0.05, 0) is 31.9 Å². The predicted octanol–water partition coefficient (Wildman–Crippen LogP) is 2.83. The van der Waals surface area contributed by atoms with Crippen LogP contribution < -0.4 is 9.47 Å². The van der Waals surface area contributed by atoms with Crippen LogP contribution in [-0.2, 0) is 4.74 Å². The van der Waals surface area contributed by atoms with Crippen molar-refractivity contribution in [3.8, 4) is 11.5 Å². The molecule has 1 N–H and O–H groups in total. The number of carbonyl (C=O) groups is 1. The van der Waals surface area contributed by atoms with E-state index >= 15 is 0 Å². The Kier molecular flexibility index (Phi) is 4.94. The second kappa shape index (κ2) is 7.13. The lowest BCUT2D eigenvalue weighted by molar-refractivity contribution is 0.00707. The van der Waals surface area contributed by atoms with E-state index < -0.39 is 0 Å². The Hall–Kier alpha value is -2.21. The number of hydrogen-bond donors (Lipinski definition) is 1. The molecule has 1 fully saturated rings. The summed E-state index contributed by atoms with van der Waals surface area (Å²) in [5, 5.41) is 0.896. The summed E-state index contributed by atoms with van der Waals surface area (Å²) in [7, 11) is 3.22. The first-order valence-corrected chi connectivity index (χ1v) is 8.31. The number of fused-ring (bicyclic) bond motifs is 1. The van der Waals surface area contributed by atoms with Crippen molar-refractivity contribution in [2.45, 2.75) is 25.9 Å². The van der Waals surface area contributed by atoms with Crippen LogP contribution in [0.4, 0.5) is 0 Å². The number of likely N-dealkylation sites (tertiary alicyclic amines) is 1. The molecule has 130 valence electrons. The Morgan fingerprint density at radius 3 is 2.83 bits per heavy atom. The first kappa shape index (κ1) is 16.6. The van der Waals surface area contributed by atoms with Gasteiger partial charge in [0.25, 0.3) is 5.91 Å². The van der Waals surface area contributed by atoms with Gasteiger partial charge in [-0.1, -0.05) is 0 Å². The van der Waals surface area contributed by atoms with E-state index in [9.17, 15) is 4.79 Å². The SMILES string of the molecule is CCOC1CCCN(C(=O)c2cc3cc(OC)cc(OC)c3[nH]2)C1. The van der Waals surface area contributed by atoms with Crippen molar-refractivity contribution >= 4 is 16.8 Å². The Bertz CT molecular complexity index is 723. The van der Waals surface area contributed by atoms with Gasteiger partial charge in [0, 0.05) is 31.1 Å². The molecule has 0 saturated carbocycles. The number of methoxy groups -OCH3 is 2. The van der Waals surface area contributed by atoms with Gasteiger partial charge in [-0.15, -0.1) is 0 Å². The molecular weight excluding hydrogens is 308 g/mol. The van der Waals surface area contributed by atoms with Crippen LogP contribution in [0.25, 0.3) is 10.9 Å². The normalized spacial score (nSPS) is 18.0. The molecule has 1 aromatic carbocycles. The summed E-state index contributed by atoms with van der Waals surface area (Å²) in [4.78, 5) is 17.9. The molecule has 1 aromatic heterocycles. The van der Waals surface area contributed by atoms with Crippen LogP contribution in [0.1, 0.15) is 30.3 Å². The number of piperidine rings is 1. The minimum atomic E-state index is -0.00313. The average Bonchev–Trinajstić information content (AvgIpc) is 3.04. The van der Waals surface area contributed by atoms with Gasteiger partial charge in [-0.3, -0.25) is 4.79 Å². The maximum absolute atomic E-state index is 12.8. The Balaban J connectivity index is 1.87. The van der Waals surface area contributed by atoms with Gasteiger partial charge in [0.15, 0.2) is 0 Å². The number of ether oxygens (including phenoxy) is 3. The average molecular weight is 332 g/mol. The molecular formula is C18H24N2O4. The number of nitrogens with zero attached hydrogens (tertiary/aromatic N) is 1. The molecule has 1 unspecified atom stereocenters. The van der Waals surface area contributed by atoms with Gasteiger partial charge in [0.05, 0.1) is 25.8 Å². The van der Waals surface area contributed by atoms with Crippen LogP contribution in [0.15, 0.2) is 18.2 Å². The summed E-state index contributed by atoms with van der Waals surface area (Å²) in [6.45, 7) is 4.06. The van der Waals surface area contributed by atoms with Crippen molar-refractivity contribution in [2.24, 2.45) is 0 Å². The van der Waals surface area contributed by atoms with Crippen LogP contribution in [0.3, 0.4) is 0 Å². The number of H-pyrrole nitrogens is 1. The number of aromatic amines is 1. The molecule has 2 aromatic rings. The molecule has 0 spiro atoms. The molecule has 1 saturated heterocycles. The van der Waals surface area contributed by atoms with Crippen LogP contribution in [0.5, 0.6) is 11.5 Å². The number of benzene rings is 1. The van der Waals surface area contributed by atoms with E-state index in [4.69, 9.17) is 14.2 Å². The molecule has 1 aliphatic rings. The molecule has 1 aliphatic heterocycles. The maximum atomic E-state index is 12.8. The fourth-order valence-corrected chi connectivity index (χ4v) is 3.24. The van der Waals surface area contributed by atoms with Crippen LogP contribution >= 0.6 is 0 Å². The zero-order valence-electron chi connectivity index (χ0n) is 14.4. The zero-order valence-corrected chi connectivity index (χ0v) is 14.4. The molecule has 6 nitrogen and oxygen atoms in total. The van der Waals surface area contributed by atoms with E-state index in [0.29, 0.717) is 30.3 Å². The molecule has 3 rings (SSSR count). The van der Waals surface area contributed by atoms with Crippen molar-refractivity contribution in [1.82, 2.24) is 9.88 Å². The summed E-state index contributed by atoms with van der Waals surface area (Å²) in [5.41, 5.74) is 1.37. The third kappa shape index (κ3) is 3.19. The standard InChI is InChI=1S/C18H24N2O4/c1-4-24-13-6-5-7-20(11-13)18(21)15-9-12-8-14(22-2)10-16(23-3)17(12)19-15/h8-10,13,19H,4-7,11H2,1-3H3. The van der Waals surface area contributed by atoms with Crippen LogP contribution in [-0.4, -0.2) is 55.8 Å². The largest absolute Gasteiger partial charge is 0.497 e. The van der Waals surface area contributed by atoms with Crippen LogP contribution in [0, 0.1) is 0 Å². The fourth-order valence-electron chi connectivity index (χ4n) is 3.24. The zero-order chi connectivity index (χ0) is 17.1. The summed E-state index contributed by atoms with van der Waals surface area (Å²) in [6.07, 6.45) is 2.11. The minimum Gasteiger partial charge on any atom is -0.497 e. The number of rotatable bonds is 5. The maximum Gasteiger partial charge on any atom is 0.270 e. The van der Waals surface area contributed by atoms with E-state index in [1.165, 1.54) is 0 Å². The highest BCUT2D eigenvalue weighted by Gasteiger charge is 2.26. The van der Waals surface area contributed by atoms with E-state index in [1.807, 2.05) is 24.0 Å². The first-order valence-electron chi connectivity index (χ1n) is 8.31. The third-order valence-electron chi connectivity index (χ3n) is 4.42. The van der Waals surface area contributed by atoms with Gasteiger partial charge < -0.3 is 24.1 Å². The first-order chi connectivity index (χ1) is 11.7. The van der Waals surface area contributed by atoms with Crippen LogP contribution in [0.2, 0.25) is 0 Å². The number of hydrogen-bond acceptors (Lipinski definition) is 4. The highest BCUT2D eigenvalue weighted by atomic mass is 16.5. The number of carbonyl (C=O) groups excluding carboxylic acids is 1. The van der Waals surface area contributed by atoms with E-state index in [2.05, 4.69) is 4.98 Å². The molecule has 6 heteroatoms. The third-order valence-corrected chi connectivity index (χ3v) is 4.42. The number of nitrogens with one attached hydrogen (secondary N) is 1. The second-order valence-corrected chi connectivity index (χ2v) is 5.95. The van der Waals surface area contributed by atoms with Crippen molar-refractivity contribution < 1.29 is 19.0 Å². The predicted molar refractivity (Wildman–Crippen MR) is 92.0 cm³/mol.